The fraction of sp³-hybridized carbons (Fsp3) is 0.273. The van der Waals surface area contributed by atoms with Gasteiger partial charge in [-0.2, -0.15) is 0 Å². The van der Waals surface area contributed by atoms with Crippen LogP contribution >= 0.6 is 0 Å². The monoisotopic (exact) mass is 405 g/mol. The van der Waals surface area contributed by atoms with Crippen LogP contribution in [0.5, 0.6) is 5.75 Å². The molecule has 1 saturated heterocycles. The lowest BCUT2D eigenvalue weighted by Gasteiger charge is -2.17. The smallest absolute Gasteiger partial charge is 0.227 e. The van der Waals surface area contributed by atoms with E-state index in [1.54, 1.807) is 30.5 Å². The number of nitrogens with zero attached hydrogens (tertiary/aromatic N) is 4. The number of pyridine rings is 1. The van der Waals surface area contributed by atoms with Gasteiger partial charge in [0.05, 0.1) is 13.0 Å². The summed E-state index contributed by atoms with van der Waals surface area (Å²) in [5.74, 6) is 0.882. The third kappa shape index (κ3) is 4.17. The molecule has 3 aromatic rings. The molecular formula is C22H23N5O3. The number of methoxy groups -OCH3 is 1. The van der Waals surface area contributed by atoms with Crippen molar-refractivity contribution >= 4 is 17.5 Å². The van der Waals surface area contributed by atoms with Crippen LogP contribution in [0, 0.1) is 5.92 Å². The van der Waals surface area contributed by atoms with Crippen LogP contribution in [0.15, 0.2) is 61.1 Å². The molecule has 1 aliphatic heterocycles. The Bertz CT molecular complexity index is 1030. The molecule has 3 heterocycles. The van der Waals surface area contributed by atoms with Gasteiger partial charge in [0.25, 0.3) is 0 Å². The lowest BCUT2D eigenvalue weighted by molar-refractivity contribution is -0.126. The average molecular weight is 405 g/mol. The summed E-state index contributed by atoms with van der Waals surface area (Å²) in [5, 5.41) is 2.95. The van der Waals surface area contributed by atoms with Crippen LogP contribution < -0.4 is 15.0 Å². The molecule has 1 N–H and O–H groups in total. The number of imidazole rings is 1. The summed E-state index contributed by atoms with van der Waals surface area (Å²) >= 11 is 0. The standard InChI is InChI=1S/C22H23N5O3/c1-30-18-6-4-5-17(14-18)27-15-16(13-20(27)28)22(29)25-10-12-26-11-9-24-21(26)19-7-2-3-8-23-19/h2-9,11,14,16H,10,12-13,15H2,1H3,(H,25,29). The first kappa shape index (κ1) is 19.6. The lowest BCUT2D eigenvalue weighted by Crippen LogP contribution is -2.34. The predicted octanol–water partition coefficient (Wildman–Crippen LogP) is 2.12. The van der Waals surface area contributed by atoms with Gasteiger partial charge < -0.3 is 19.5 Å². The van der Waals surface area contributed by atoms with Crippen molar-refractivity contribution in [2.24, 2.45) is 5.92 Å². The van der Waals surface area contributed by atoms with Gasteiger partial charge in [-0.05, 0) is 24.3 Å². The molecule has 2 aromatic heterocycles. The molecule has 1 unspecified atom stereocenters. The molecule has 1 aliphatic rings. The highest BCUT2D eigenvalue weighted by molar-refractivity contribution is 6.00. The van der Waals surface area contributed by atoms with Crippen LogP contribution in [0.4, 0.5) is 5.69 Å². The maximum absolute atomic E-state index is 12.6. The Morgan fingerprint density at radius 1 is 1.20 bits per heavy atom. The number of benzene rings is 1. The van der Waals surface area contributed by atoms with Gasteiger partial charge in [-0.1, -0.05) is 12.1 Å². The molecule has 1 aromatic carbocycles. The molecule has 0 radical (unpaired) electrons. The van der Waals surface area contributed by atoms with Gasteiger partial charge in [0, 0.05) is 56.4 Å². The van der Waals surface area contributed by atoms with Crippen LogP contribution in [0.1, 0.15) is 6.42 Å². The maximum atomic E-state index is 12.6. The number of aromatic nitrogens is 3. The second-order valence-electron chi connectivity index (χ2n) is 7.06. The molecule has 4 rings (SSSR count). The van der Waals surface area contributed by atoms with E-state index in [1.807, 2.05) is 47.2 Å². The predicted molar refractivity (Wildman–Crippen MR) is 112 cm³/mol. The number of nitrogens with one attached hydrogen (secondary N) is 1. The van der Waals surface area contributed by atoms with Crippen molar-refractivity contribution in [3.05, 3.63) is 61.1 Å². The van der Waals surface area contributed by atoms with Crippen molar-refractivity contribution in [1.82, 2.24) is 19.9 Å². The summed E-state index contributed by atoms with van der Waals surface area (Å²) in [7, 11) is 1.58. The highest BCUT2D eigenvalue weighted by Gasteiger charge is 2.35. The Labute approximate surface area is 174 Å². The molecular weight excluding hydrogens is 382 g/mol. The first-order valence-electron chi connectivity index (χ1n) is 9.80. The van der Waals surface area contributed by atoms with Gasteiger partial charge in [-0.3, -0.25) is 14.6 Å². The van der Waals surface area contributed by atoms with E-state index < -0.39 is 0 Å². The first-order valence-corrected chi connectivity index (χ1v) is 9.80. The van der Waals surface area contributed by atoms with Gasteiger partial charge in [-0.25, -0.2) is 4.98 Å². The van der Waals surface area contributed by atoms with E-state index in [9.17, 15) is 9.59 Å². The van der Waals surface area contributed by atoms with E-state index in [2.05, 4.69) is 15.3 Å². The third-order valence-electron chi connectivity index (χ3n) is 5.12. The summed E-state index contributed by atoms with van der Waals surface area (Å²) in [6.45, 7) is 1.37. The Morgan fingerprint density at radius 2 is 2.10 bits per heavy atom. The SMILES string of the molecule is COc1cccc(N2CC(C(=O)NCCn3ccnc3-c3ccccn3)CC2=O)c1. The Balaban J connectivity index is 1.33. The molecule has 0 bridgehead atoms. The lowest BCUT2D eigenvalue weighted by atomic mass is 10.1. The van der Waals surface area contributed by atoms with Crippen molar-refractivity contribution in [3.8, 4) is 17.3 Å². The Kier molecular flexibility index (Phi) is 5.74. The van der Waals surface area contributed by atoms with Crippen LogP contribution in [-0.4, -0.2) is 46.5 Å². The van der Waals surface area contributed by atoms with E-state index in [0.717, 1.165) is 17.2 Å². The zero-order chi connectivity index (χ0) is 20.9. The topological polar surface area (TPSA) is 89.3 Å². The van der Waals surface area contributed by atoms with Crippen molar-refractivity contribution in [3.63, 3.8) is 0 Å². The van der Waals surface area contributed by atoms with Crippen molar-refractivity contribution < 1.29 is 14.3 Å². The molecule has 1 fully saturated rings. The number of carbonyl (C=O) groups is 2. The van der Waals surface area contributed by atoms with E-state index in [-0.39, 0.29) is 24.2 Å². The van der Waals surface area contributed by atoms with Crippen molar-refractivity contribution in [2.75, 3.05) is 25.1 Å². The molecule has 154 valence electrons. The average Bonchev–Trinajstić information content (AvgIpc) is 3.41. The normalized spacial score (nSPS) is 16.0. The summed E-state index contributed by atoms with van der Waals surface area (Å²) in [6.07, 6.45) is 5.50. The van der Waals surface area contributed by atoms with Gasteiger partial charge in [-0.15, -0.1) is 0 Å². The summed E-state index contributed by atoms with van der Waals surface area (Å²) in [6, 6.07) is 13.0. The van der Waals surface area contributed by atoms with Crippen LogP contribution in [-0.2, 0) is 16.1 Å². The first-order chi connectivity index (χ1) is 14.7. The minimum Gasteiger partial charge on any atom is -0.497 e. The fourth-order valence-electron chi connectivity index (χ4n) is 3.57. The molecule has 0 saturated carbocycles. The van der Waals surface area contributed by atoms with Crippen LogP contribution in [0.3, 0.4) is 0 Å². The fourth-order valence-corrected chi connectivity index (χ4v) is 3.57. The van der Waals surface area contributed by atoms with Gasteiger partial charge >= 0.3 is 0 Å². The summed E-state index contributed by atoms with van der Waals surface area (Å²) < 4.78 is 7.17. The van der Waals surface area contributed by atoms with Crippen molar-refractivity contribution in [1.29, 1.82) is 0 Å². The molecule has 8 nitrogen and oxygen atoms in total. The number of ether oxygens (including phenoxy) is 1. The zero-order valence-electron chi connectivity index (χ0n) is 16.7. The number of rotatable bonds is 7. The molecule has 2 amide bonds. The van der Waals surface area contributed by atoms with E-state index in [0.29, 0.717) is 25.4 Å². The molecule has 0 spiro atoms. The molecule has 8 heteroatoms. The number of amides is 2. The Morgan fingerprint density at radius 3 is 2.90 bits per heavy atom. The summed E-state index contributed by atoms with van der Waals surface area (Å²) in [5.41, 5.74) is 1.53. The largest absolute Gasteiger partial charge is 0.497 e. The second kappa shape index (κ2) is 8.77. The minimum absolute atomic E-state index is 0.0598. The van der Waals surface area contributed by atoms with Crippen LogP contribution in [0.2, 0.25) is 0 Å². The summed E-state index contributed by atoms with van der Waals surface area (Å²) in [4.78, 5) is 35.4. The number of carbonyl (C=O) groups excluding carboxylic acids is 2. The van der Waals surface area contributed by atoms with Crippen molar-refractivity contribution in [2.45, 2.75) is 13.0 Å². The van der Waals surface area contributed by atoms with Gasteiger partial charge in [0.15, 0.2) is 5.82 Å². The highest BCUT2D eigenvalue weighted by atomic mass is 16.5. The van der Waals surface area contributed by atoms with E-state index in [4.69, 9.17) is 4.74 Å². The second-order valence-corrected chi connectivity index (χ2v) is 7.06. The zero-order valence-corrected chi connectivity index (χ0v) is 16.7. The van der Waals surface area contributed by atoms with E-state index in [1.165, 1.54) is 0 Å². The van der Waals surface area contributed by atoms with Crippen LogP contribution in [0.25, 0.3) is 11.5 Å². The van der Waals surface area contributed by atoms with E-state index >= 15 is 0 Å². The molecule has 30 heavy (non-hydrogen) atoms. The number of hydrogen-bond donors (Lipinski definition) is 1. The minimum atomic E-state index is -0.373. The number of hydrogen-bond acceptors (Lipinski definition) is 5. The van der Waals surface area contributed by atoms with Gasteiger partial charge in [0.1, 0.15) is 11.4 Å². The highest BCUT2D eigenvalue weighted by Crippen LogP contribution is 2.28. The molecule has 1 atom stereocenters. The maximum Gasteiger partial charge on any atom is 0.227 e. The third-order valence-corrected chi connectivity index (χ3v) is 5.12. The number of anilines is 1. The Hall–Kier alpha value is -3.68. The quantitative estimate of drug-likeness (QED) is 0.650. The molecule has 0 aliphatic carbocycles. The van der Waals surface area contributed by atoms with Gasteiger partial charge in [0.2, 0.25) is 11.8 Å².